The molecule has 1 aromatic heterocycles. The van der Waals surface area contributed by atoms with Crippen molar-refractivity contribution in [2.45, 2.75) is 6.42 Å². The molecule has 0 radical (unpaired) electrons. The number of nitrogens with one attached hydrogen (secondary N) is 1. The number of nitrogens with zero attached hydrogens (tertiary/aromatic N) is 1. The van der Waals surface area contributed by atoms with E-state index in [4.69, 9.17) is 11.6 Å². The van der Waals surface area contributed by atoms with E-state index in [0.29, 0.717) is 0 Å². The van der Waals surface area contributed by atoms with Crippen molar-refractivity contribution in [3.8, 4) is 11.3 Å². The Hall–Kier alpha value is -1.10. The lowest BCUT2D eigenvalue weighted by Gasteiger charge is -2.02. The fourth-order valence-corrected chi connectivity index (χ4v) is 3.48. The Labute approximate surface area is 144 Å². The Morgan fingerprint density at radius 1 is 1.05 bits per heavy atom. The number of aromatic nitrogens is 2. The fraction of sp³-hybridized carbons (Fsp3) is 0.0625. The summed E-state index contributed by atoms with van der Waals surface area (Å²) in [6, 6.07) is 13.9. The molecule has 5 heteroatoms. The summed E-state index contributed by atoms with van der Waals surface area (Å²) < 4.78 is 2.07. The SMILES string of the molecule is Clc1ccc(Cc2ncc(-c3ccc(Br)cc3Br)[nH]2)cc1. The number of H-pyrrole nitrogens is 1. The molecule has 0 unspecified atom stereocenters. The molecular formula is C16H11Br2ClN2. The van der Waals surface area contributed by atoms with Gasteiger partial charge in [0.2, 0.25) is 0 Å². The summed E-state index contributed by atoms with van der Waals surface area (Å²) in [6.45, 7) is 0. The van der Waals surface area contributed by atoms with Gasteiger partial charge < -0.3 is 4.98 Å². The maximum Gasteiger partial charge on any atom is 0.110 e. The van der Waals surface area contributed by atoms with Gasteiger partial charge in [-0.3, -0.25) is 0 Å². The number of halogens is 3. The molecule has 3 rings (SSSR count). The maximum atomic E-state index is 5.90. The molecule has 1 heterocycles. The van der Waals surface area contributed by atoms with Gasteiger partial charge in [0.15, 0.2) is 0 Å². The molecule has 0 saturated carbocycles. The molecule has 0 atom stereocenters. The summed E-state index contributed by atoms with van der Waals surface area (Å²) in [4.78, 5) is 7.82. The van der Waals surface area contributed by atoms with E-state index in [1.165, 1.54) is 5.56 Å². The lowest BCUT2D eigenvalue weighted by molar-refractivity contribution is 1.03. The van der Waals surface area contributed by atoms with Gasteiger partial charge in [0.25, 0.3) is 0 Å². The van der Waals surface area contributed by atoms with E-state index >= 15 is 0 Å². The van der Waals surface area contributed by atoms with Crippen molar-refractivity contribution in [3.05, 3.63) is 74.0 Å². The van der Waals surface area contributed by atoms with Gasteiger partial charge in [-0.25, -0.2) is 4.98 Å². The first-order valence-corrected chi connectivity index (χ1v) is 8.32. The van der Waals surface area contributed by atoms with Crippen LogP contribution in [-0.4, -0.2) is 9.97 Å². The molecule has 0 amide bonds. The predicted octanol–water partition coefficient (Wildman–Crippen LogP) is 5.85. The molecule has 0 fully saturated rings. The van der Waals surface area contributed by atoms with Gasteiger partial charge in [-0.15, -0.1) is 0 Å². The third-order valence-electron chi connectivity index (χ3n) is 3.13. The van der Waals surface area contributed by atoms with Gasteiger partial charge in [0, 0.05) is 26.0 Å². The minimum atomic E-state index is 0.748. The normalized spacial score (nSPS) is 10.8. The van der Waals surface area contributed by atoms with Gasteiger partial charge in [-0.05, 0) is 29.8 Å². The quantitative estimate of drug-likeness (QED) is 0.560. The molecule has 0 saturated heterocycles. The standard InChI is InChI=1S/C16H11Br2ClN2/c17-11-3-6-13(14(18)8-11)15-9-20-16(21-15)7-10-1-4-12(19)5-2-10/h1-6,8-9H,7H2,(H,20,21). The fourth-order valence-electron chi connectivity index (χ4n) is 2.09. The van der Waals surface area contributed by atoms with Gasteiger partial charge in [-0.1, -0.05) is 61.7 Å². The molecule has 0 aliphatic heterocycles. The number of aromatic amines is 1. The minimum Gasteiger partial charge on any atom is -0.342 e. The lowest BCUT2D eigenvalue weighted by atomic mass is 10.1. The summed E-state index contributed by atoms with van der Waals surface area (Å²) in [5.41, 5.74) is 3.27. The van der Waals surface area contributed by atoms with Crippen LogP contribution in [0.2, 0.25) is 5.02 Å². The average Bonchev–Trinajstić information content (AvgIpc) is 2.90. The van der Waals surface area contributed by atoms with Crippen LogP contribution in [0.1, 0.15) is 11.4 Å². The van der Waals surface area contributed by atoms with E-state index in [2.05, 4.69) is 41.8 Å². The Balaban J connectivity index is 1.84. The van der Waals surface area contributed by atoms with Crippen molar-refractivity contribution in [1.82, 2.24) is 9.97 Å². The first-order chi connectivity index (χ1) is 10.1. The number of rotatable bonds is 3. The molecule has 106 valence electrons. The Bertz CT molecular complexity index is 766. The average molecular weight is 427 g/mol. The van der Waals surface area contributed by atoms with Crippen molar-refractivity contribution < 1.29 is 0 Å². The molecular weight excluding hydrogens is 415 g/mol. The van der Waals surface area contributed by atoms with Gasteiger partial charge in [0.05, 0.1) is 11.9 Å². The highest BCUT2D eigenvalue weighted by Gasteiger charge is 2.08. The molecule has 0 aliphatic carbocycles. The zero-order chi connectivity index (χ0) is 14.8. The first-order valence-electron chi connectivity index (χ1n) is 6.35. The van der Waals surface area contributed by atoms with Crippen LogP contribution < -0.4 is 0 Å². The Kier molecular flexibility index (Phi) is 4.48. The maximum absolute atomic E-state index is 5.90. The number of benzene rings is 2. The van der Waals surface area contributed by atoms with Crippen LogP contribution in [0.4, 0.5) is 0 Å². The highest BCUT2D eigenvalue weighted by Crippen LogP contribution is 2.29. The van der Waals surface area contributed by atoms with Crippen LogP contribution in [0.3, 0.4) is 0 Å². The zero-order valence-corrected chi connectivity index (χ0v) is 14.8. The number of hydrogen-bond acceptors (Lipinski definition) is 1. The number of hydrogen-bond donors (Lipinski definition) is 1. The van der Waals surface area contributed by atoms with Crippen LogP contribution >= 0.6 is 43.5 Å². The molecule has 3 aromatic rings. The smallest absolute Gasteiger partial charge is 0.110 e. The molecule has 1 N–H and O–H groups in total. The lowest BCUT2D eigenvalue weighted by Crippen LogP contribution is -1.90. The van der Waals surface area contributed by atoms with E-state index in [-0.39, 0.29) is 0 Å². The molecule has 2 aromatic carbocycles. The predicted molar refractivity (Wildman–Crippen MR) is 93.7 cm³/mol. The van der Waals surface area contributed by atoms with Crippen molar-refractivity contribution in [1.29, 1.82) is 0 Å². The largest absolute Gasteiger partial charge is 0.342 e. The minimum absolute atomic E-state index is 0.748. The molecule has 0 spiro atoms. The second-order valence-corrected chi connectivity index (χ2v) is 6.88. The first kappa shape index (κ1) is 14.8. The van der Waals surface area contributed by atoms with Crippen LogP contribution in [0, 0.1) is 0 Å². The molecule has 0 bridgehead atoms. The summed E-state index contributed by atoms with van der Waals surface area (Å²) in [5, 5.41) is 0.748. The van der Waals surface area contributed by atoms with Gasteiger partial charge in [-0.2, -0.15) is 0 Å². The van der Waals surface area contributed by atoms with E-state index in [0.717, 1.165) is 37.5 Å². The highest BCUT2D eigenvalue weighted by atomic mass is 79.9. The van der Waals surface area contributed by atoms with E-state index in [9.17, 15) is 0 Å². The summed E-state index contributed by atoms with van der Waals surface area (Å²) in [7, 11) is 0. The Morgan fingerprint density at radius 2 is 1.81 bits per heavy atom. The van der Waals surface area contributed by atoms with Crippen LogP contribution in [-0.2, 0) is 6.42 Å². The highest BCUT2D eigenvalue weighted by molar-refractivity contribution is 9.11. The molecule has 0 aliphatic rings. The van der Waals surface area contributed by atoms with Crippen LogP contribution in [0.25, 0.3) is 11.3 Å². The summed E-state index contributed by atoms with van der Waals surface area (Å²) in [5.74, 6) is 0.933. The monoisotopic (exact) mass is 424 g/mol. The van der Waals surface area contributed by atoms with E-state index in [1.807, 2.05) is 48.7 Å². The summed E-state index contributed by atoms with van der Waals surface area (Å²) >= 11 is 12.9. The third-order valence-corrected chi connectivity index (χ3v) is 4.54. The molecule has 21 heavy (non-hydrogen) atoms. The second kappa shape index (κ2) is 6.34. The van der Waals surface area contributed by atoms with Crippen molar-refractivity contribution in [2.75, 3.05) is 0 Å². The van der Waals surface area contributed by atoms with Crippen LogP contribution in [0.5, 0.6) is 0 Å². The second-order valence-electron chi connectivity index (χ2n) is 4.67. The number of imidazole rings is 1. The van der Waals surface area contributed by atoms with Crippen LogP contribution in [0.15, 0.2) is 57.6 Å². The zero-order valence-electron chi connectivity index (χ0n) is 10.9. The van der Waals surface area contributed by atoms with Crippen molar-refractivity contribution in [2.24, 2.45) is 0 Å². The summed E-state index contributed by atoms with van der Waals surface area (Å²) in [6.07, 6.45) is 2.62. The molecule has 2 nitrogen and oxygen atoms in total. The Morgan fingerprint density at radius 3 is 2.52 bits per heavy atom. The van der Waals surface area contributed by atoms with Crippen molar-refractivity contribution in [3.63, 3.8) is 0 Å². The topological polar surface area (TPSA) is 28.7 Å². The van der Waals surface area contributed by atoms with Gasteiger partial charge in [0.1, 0.15) is 5.82 Å². The van der Waals surface area contributed by atoms with Crippen molar-refractivity contribution >= 4 is 43.5 Å². The van der Waals surface area contributed by atoms with E-state index in [1.54, 1.807) is 0 Å². The third kappa shape index (κ3) is 3.57. The van der Waals surface area contributed by atoms with E-state index < -0.39 is 0 Å². The van der Waals surface area contributed by atoms with Gasteiger partial charge >= 0.3 is 0 Å².